The summed E-state index contributed by atoms with van der Waals surface area (Å²) in [5.74, 6) is 0.600. The third-order valence-corrected chi connectivity index (χ3v) is 14.2. The summed E-state index contributed by atoms with van der Waals surface area (Å²) in [5, 5.41) is 0.395. The monoisotopic (exact) mass is 671 g/mol. The number of rotatable bonds is 8. The fourth-order valence-electron chi connectivity index (χ4n) is 5.83. The highest BCUT2D eigenvalue weighted by Crippen LogP contribution is 2.37. The van der Waals surface area contributed by atoms with Crippen LogP contribution in [0.25, 0.3) is 22.0 Å². The Bertz CT molecular complexity index is 1820. The Morgan fingerprint density at radius 3 is 2.34 bits per heavy atom. The van der Waals surface area contributed by atoms with Crippen LogP contribution in [0.3, 0.4) is 0 Å². The van der Waals surface area contributed by atoms with Gasteiger partial charge in [0.15, 0.2) is 8.32 Å². The number of carbonyl (C=O) groups is 1. The van der Waals surface area contributed by atoms with Gasteiger partial charge in [-0.15, -0.1) is 0 Å². The second kappa shape index (κ2) is 12.6. The number of benzene rings is 1. The molecule has 14 heteroatoms. The van der Waals surface area contributed by atoms with Gasteiger partial charge in [-0.25, -0.2) is 9.97 Å². The molecule has 1 aromatic carbocycles. The van der Waals surface area contributed by atoms with Crippen molar-refractivity contribution in [1.29, 1.82) is 0 Å². The summed E-state index contributed by atoms with van der Waals surface area (Å²) in [5.41, 5.74) is 0.975. The van der Waals surface area contributed by atoms with Crippen LogP contribution in [0.1, 0.15) is 45.7 Å². The molecule has 5 rings (SSSR count). The lowest BCUT2D eigenvalue weighted by Gasteiger charge is -2.39. The molecule has 10 nitrogen and oxygen atoms in total. The number of nitrogens with zero attached hydrogens (tertiary/aromatic N) is 7. The lowest BCUT2D eigenvalue weighted by Crippen LogP contribution is -2.53. The van der Waals surface area contributed by atoms with Gasteiger partial charge in [-0.3, -0.25) is 19.0 Å². The second-order valence-electron chi connectivity index (χ2n) is 13.9. The second-order valence-corrected chi connectivity index (χ2v) is 18.7. The van der Waals surface area contributed by atoms with E-state index in [4.69, 9.17) is 4.43 Å². The number of hydrogen-bond acceptors (Lipinski definition) is 6. The van der Waals surface area contributed by atoms with Gasteiger partial charge in [0.2, 0.25) is 11.9 Å². The van der Waals surface area contributed by atoms with Crippen molar-refractivity contribution in [2.75, 3.05) is 31.1 Å². The summed E-state index contributed by atoms with van der Waals surface area (Å²) in [7, 11) is -0.496. The molecule has 0 N–H and O–H groups in total. The molecule has 0 radical (unpaired) electrons. The summed E-state index contributed by atoms with van der Waals surface area (Å²) in [4.78, 5) is 38.0. The Balaban J connectivity index is 1.41. The van der Waals surface area contributed by atoms with E-state index in [-0.39, 0.29) is 41.2 Å². The SMILES string of the molecule is CC(=O)N1CCN(c2ncc(-c3ccc4c(=O)n(C)n(Cc5cn(CCO[Si](C)(C)C(C)(C)C)cc5C(F)(F)F)c4c3)cn2)CC1C. The number of carbonyl (C=O) groups excluding carboxylic acids is 1. The largest absolute Gasteiger partial charge is 0.418 e. The highest BCUT2D eigenvalue weighted by atomic mass is 28.4. The van der Waals surface area contributed by atoms with E-state index in [0.717, 1.165) is 11.8 Å². The first-order chi connectivity index (χ1) is 21.9. The van der Waals surface area contributed by atoms with Gasteiger partial charge >= 0.3 is 6.18 Å². The van der Waals surface area contributed by atoms with Crippen LogP contribution in [0.2, 0.25) is 18.1 Å². The zero-order valence-electron chi connectivity index (χ0n) is 28.4. The average molecular weight is 672 g/mol. The van der Waals surface area contributed by atoms with Gasteiger partial charge < -0.3 is 18.8 Å². The van der Waals surface area contributed by atoms with E-state index >= 15 is 0 Å². The number of alkyl halides is 3. The minimum Gasteiger partial charge on any atom is -0.415 e. The van der Waals surface area contributed by atoms with E-state index in [1.807, 2.05) is 16.7 Å². The number of anilines is 1. The lowest BCUT2D eigenvalue weighted by molar-refractivity contribution is -0.138. The number of piperazine rings is 1. The molecule has 0 saturated carbocycles. The fraction of sp³-hybridized carbons (Fsp3) is 0.515. The van der Waals surface area contributed by atoms with Crippen LogP contribution < -0.4 is 10.5 Å². The Morgan fingerprint density at radius 1 is 1.06 bits per heavy atom. The van der Waals surface area contributed by atoms with Crippen molar-refractivity contribution in [3.8, 4) is 11.1 Å². The fourth-order valence-corrected chi connectivity index (χ4v) is 6.87. The molecule has 1 atom stereocenters. The summed E-state index contributed by atoms with van der Waals surface area (Å²) < 4.78 is 53.4. The van der Waals surface area contributed by atoms with Crippen molar-refractivity contribution in [1.82, 2.24) is 28.8 Å². The Kier molecular flexibility index (Phi) is 9.23. The maximum absolute atomic E-state index is 14.2. The topological polar surface area (TPSA) is 90.4 Å². The molecule has 47 heavy (non-hydrogen) atoms. The van der Waals surface area contributed by atoms with Gasteiger partial charge in [-0.1, -0.05) is 26.8 Å². The number of aromatic nitrogens is 5. The van der Waals surface area contributed by atoms with Crippen molar-refractivity contribution in [3.63, 3.8) is 0 Å². The van der Waals surface area contributed by atoms with Gasteiger partial charge in [0.05, 0.1) is 29.6 Å². The Hall–Kier alpha value is -3.91. The molecule has 4 heterocycles. The van der Waals surface area contributed by atoms with Crippen molar-refractivity contribution in [2.45, 2.75) is 78.1 Å². The zero-order chi connectivity index (χ0) is 34.5. The molecular formula is C33H44F3N7O3Si. The zero-order valence-corrected chi connectivity index (χ0v) is 29.4. The minimum absolute atomic E-state index is 0.00904. The van der Waals surface area contributed by atoms with Crippen LogP contribution in [-0.4, -0.2) is 75.3 Å². The molecule has 1 saturated heterocycles. The molecule has 1 unspecified atom stereocenters. The first kappa shape index (κ1) is 34.4. The summed E-state index contributed by atoms with van der Waals surface area (Å²) in [6.45, 7) is 16.4. The predicted octanol–water partition coefficient (Wildman–Crippen LogP) is 5.74. The highest BCUT2D eigenvalue weighted by Gasteiger charge is 2.38. The average Bonchev–Trinajstić information content (AvgIpc) is 3.50. The minimum atomic E-state index is -4.57. The van der Waals surface area contributed by atoms with Crippen LogP contribution in [0.4, 0.5) is 19.1 Å². The molecule has 1 aliphatic heterocycles. The Labute approximate surface area is 273 Å². The van der Waals surface area contributed by atoms with Crippen molar-refractivity contribution >= 4 is 31.1 Å². The third kappa shape index (κ3) is 7.03. The highest BCUT2D eigenvalue weighted by molar-refractivity contribution is 6.74. The molecule has 4 aromatic rings. The summed E-state index contributed by atoms with van der Waals surface area (Å²) in [6.07, 6.45) is 1.46. The molecule has 0 bridgehead atoms. The van der Waals surface area contributed by atoms with Crippen LogP contribution in [0, 0.1) is 0 Å². The summed E-state index contributed by atoms with van der Waals surface area (Å²) >= 11 is 0. The first-order valence-corrected chi connectivity index (χ1v) is 18.7. The molecule has 0 aliphatic carbocycles. The van der Waals surface area contributed by atoms with Gasteiger partial charge in [-0.05, 0) is 42.8 Å². The van der Waals surface area contributed by atoms with E-state index in [2.05, 4.69) is 43.8 Å². The first-order valence-electron chi connectivity index (χ1n) is 15.8. The van der Waals surface area contributed by atoms with Crippen molar-refractivity contribution < 1.29 is 22.4 Å². The quantitative estimate of drug-likeness (QED) is 0.222. The van der Waals surface area contributed by atoms with E-state index in [9.17, 15) is 22.8 Å². The van der Waals surface area contributed by atoms with Gasteiger partial charge in [0.1, 0.15) is 0 Å². The van der Waals surface area contributed by atoms with Crippen LogP contribution >= 0.6 is 0 Å². The Morgan fingerprint density at radius 2 is 1.74 bits per heavy atom. The maximum atomic E-state index is 14.2. The number of fused-ring (bicyclic) bond motifs is 1. The molecule has 254 valence electrons. The molecule has 0 spiro atoms. The van der Waals surface area contributed by atoms with Gasteiger partial charge in [0.25, 0.3) is 5.56 Å². The van der Waals surface area contributed by atoms with Crippen molar-refractivity contribution in [2.24, 2.45) is 7.05 Å². The van der Waals surface area contributed by atoms with E-state index < -0.39 is 20.1 Å². The molecule has 1 amide bonds. The van der Waals surface area contributed by atoms with Gasteiger partial charge in [0, 0.05) is 82.1 Å². The molecular weight excluding hydrogens is 627 g/mol. The van der Waals surface area contributed by atoms with E-state index in [1.54, 1.807) is 49.2 Å². The van der Waals surface area contributed by atoms with E-state index in [1.165, 1.54) is 15.4 Å². The predicted molar refractivity (Wildman–Crippen MR) is 179 cm³/mol. The van der Waals surface area contributed by atoms with Crippen molar-refractivity contribution in [3.05, 3.63) is 64.5 Å². The van der Waals surface area contributed by atoms with E-state index in [0.29, 0.717) is 48.7 Å². The normalized spacial score (nSPS) is 16.4. The third-order valence-electron chi connectivity index (χ3n) is 9.66. The lowest BCUT2D eigenvalue weighted by atomic mass is 10.1. The number of halogens is 3. The smallest absolute Gasteiger partial charge is 0.415 e. The number of hydrogen-bond donors (Lipinski definition) is 0. The van der Waals surface area contributed by atoms with Crippen LogP contribution in [0.5, 0.6) is 0 Å². The summed E-state index contributed by atoms with van der Waals surface area (Å²) in [6, 6.07) is 5.31. The molecule has 1 fully saturated rings. The standard InChI is InChI=1S/C33H44F3N7O3Si/c1-22-18-41(11-12-42(22)23(2)44)31-37-16-25(17-38-31)24-9-10-27-29(15-24)43(39(6)30(27)45)20-26-19-40(21-28(26)33(34,35)36)13-14-46-47(7,8)32(3,4)5/h9-10,15-17,19,21-22H,11-14,18,20H2,1-8H3. The van der Waals surface area contributed by atoms with Crippen LogP contribution in [-0.2, 0) is 35.5 Å². The molecule has 3 aromatic heterocycles. The number of amides is 1. The van der Waals surface area contributed by atoms with Gasteiger partial charge in [-0.2, -0.15) is 13.2 Å². The molecule has 1 aliphatic rings. The van der Waals surface area contributed by atoms with Crippen LogP contribution in [0.15, 0.2) is 47.8 Å². The maximum Gasteiger partial charge on any atom is 0.418 e.